The van der Waals surface area contributed by atoms with Crippen LogP contribution in [0.5, 0.6) is 5.75 Å². The van der Waals surface area contributed by atoms with Gasteiger partial charge in [0.2, 0.25) is 0 Å². The number of nitrogens with zero attached hydrogens (tertiary/aromatic N) is 1. The first-order chi connectivity index (χ1) is 9.20. The number of rotatable bonds is 5. The Labute approximate surface area is 115 Å². The minimum Gasteiger partial charge on any atom is -0.497 e. The van der Waals surface area contributed by atoms with Gasteiger partial charge in [0, 0.05) is 18.5 Å². The Hall–Kier alpha value is -1.35. The first-order valence-corrected chi connectivity index (χ1v) is 7.11. The summed E-state index contributed by atoms with van der Waals surface area (Å²) in [6.45, 7) is 5.15. The van der Waals surface area contributed by atoms with E-state index in [1.807, 2.05) is 25.1 Å². The molecule has 0 aromatic heterocycles. The van der Waals surface area contributed by atoms with Gasteiger partial charge >= 0.3 is 0 Å². The maximum atomic E-state index is 12.3. The Morgan fingerprint density at radius 1 is 1.26 bits per heavy atom. The van der Waals surface area contributed by atoms with Crippen molar-refractivity contribution in [3.63, 3.8) is 0 Å². The topological polar surface area (TPSA) is 29.5 Å². The summed E-state index contributed by atoms with van der Waals surface area (Å²) in [6.07, 6.45) is 4.48. The average molecular weight is 261 g/mol. The average Bonchev–Trinajstić information content (AvgIpc) is 2.46. The van der Waals surface area contributed by atoms with Gasteiger partial charge in [-0.1, -0.05) is 12.5 Å². The third-order valence-corrected chi connectivity index (χ3v) is 3.85. The molecule has 0 radical (unpaired) electrons. The zero-order valence-electron chi connectivity index (χ0n) is 11.9. The predicted octanol–water partition coefficient (Wildman–Crippen LogP) is 3.06. The SMILES string of the molecule is COc1ccc(C)c(C(=O)CCN2CCCCC2)c1. The second-order valence-corrected chi connectivity index (χ2v) is 5.26. The van der Waals surface area contributed by atoms with Crippen LogP contribution < -0.4 is 4.74 Å². The number of aryl methyl sites for hydroxylation is 1. The van der Waals surface area contributed by atoms with E-state index in [9.17, 15) is 4.79 Å². The molecule has 19 heavy (non-hydrogen) atoms. The lowest BCUT2D eigenvalue weighted by Gasteiger charge is -2.26. The van der Waals surface area contributed by atoms with Crippen molar-refractivity contribution in [2.24, 2.45) is 0 Å². The number of piperidine rings is 1. The normalized spacial score (nSPS) is 16.3. The molecule has 0 unspecified atom stereocenters. The summed E-state index contributed by atoms with van der Waals surface area (Å²) in [5.74, 6) is 0.980. The van der Waals surface area contributed by atoms with Crippen molar-refractivity contribution in [1.29, 1.82) is 0 Å². The highest BCUT2D eigenvalue weighted by molar-refractivity contribution is 5.97. The summed E-state index contributed by atoms with van der Waals surface area (Å²) in [5, 5.41) is 0. The number of hydrogen-bond acceptors (Lipinski definition) is 3. The van der Waals surface area contributed by atoms with E-state index in [0.717, 1.165) is 36.5 Å². The van der Waals surface area contributed by atoms with Crippen LogP contribution in [0.3, 0.4) is 0 Å². The van der Waals surface area contributed by atoms with Crippen LogP contribution in [0.15, 0.2) is 18.2 Å². The lowest BCUT2D eigenvalue weighted by Crippen LogP contribution is -2.31. The van der Waals surface area contributed by atoms with Gasteiger partial charge in [0.25, 0.3) is 0 Å². The molecular formula is C16H23NO2. The number of hydrogen-bond donors (Lipinski definition) is 0. The van der Waals surface area contributed by atoms with Crippen molar-refractivity contribution in [1.82, 2.24) is 4.90 Å². The van der Waals surface area contributed by atoms with E-state index in [4.69, 9.17) is 4.74 Å². The Balaban J connectivity index is 1.95. The molecule has 0 N–H and O–H groups in total. The molecule has 0 amide bonds. The summed E-state index contributed by atoms with van der Waals surface area (Å²) in [7, 11) is 1.63. The lowest BCUT2D eigenvalue weighted by molar-refractivity contribution is 0.0958. The second kappa shape index (κ2) is 6.71. The molecule has 1 aromatic rings. The first kappa shape index (κ1) is 14.1. The predicted molar refractivity (Wildman–Crippen MR) is 77.0 cm³/mol. The standard InChI is InChI=1S/C16H23NO2/c1-13-6-7-14(19-2)12-15(13)16(18)8-11-17-9-4-3-5-10-17/h6-7,12H,3-5,8-11H2,1-2H3. The van der Waals surface area contributed by atoms with Gasteiger partial charge in [0.05, 0.1) is 7.11 Å². The fourth-order valence-corrected chi connectivity index (χ4v) is 2.61. The monoisotopic (exact) mass is 261 g/mol. The zero-order valence-corrected chi connectivity index (χ0v) is 11.9. The highest BCUT2D eigenvalue weighted by Gasteiger charge is 2.14. The van der Waals surface area contributed by atoms with Crippen LogP contribution in [0, 0.1) is 6.92 Å². The number of carbonyl (C=O) groups excluding carboxylic acids is 1. The van der Waals surface area contributed by atoms with Gasteiger partial charge in [-0.15, -0.1) is 0 Å². The van der Waals surface area contributed by atoms with E-state index in [-0.39, 0.29) is 5.78 Å². The Kier molecular flexibility index (Phi) is 4.97. The van der Waals surface area contributed by atoms with E-state index in [0.29, 0.717) is 6.42 Å². The third-order valence-electron chi connectivity index (χ3n) is 3.85. The number of likely N-dealkylation sites (tertiary alicyclic amines) is 1. The summed E-state index contributed by atoms with van der Waals surface area (Å²) < 4.78 is 5.19. The fraction of sp³-hybridized carbons (Fsp3) is 0.562. The molecule has 0 aliphatic carbocycles. The molecule has 2 rings (SSSR count). The van der Waals surface area contributed by atoms with Crippen molar-refractivity contribution >= 4 is 5.78 Å². The van der Waals surface area contributed by atoms with E-state index >= 15 is 0 Å². The molecule has 0 bridgehead atoms. The highest BCUT2D eigenvalue weighted by atomic mass is 16.5. The first-order valence-electron chi connectivity index (χ1n) is 7.11. The number of benzene rings is 1. The highest BCUT2D eigenvalue weighted by Crippen LogP contribution is 2.19. The van der Waals surface area contributed by atoms with Crippen LogP contribution >= 0.6 is 0 Å². The molecule has 104 valence electrons. The van der Waals surface area contributed by atoms with Gasteiger partial charge in [0.1, 0.15) is 5.75 Å². The Morgan fingerprint density at radius 3 is 2.68 bits per heavy atom. The summed E-state index contributed by atoms with van der Waals surface area (Å²) in [6, 6.07) is 5.71. The van der Waals surface area contributed by atoms with E-state index in [2.05, 4.69) is 4.90 Å². The van der Waals surface area contributed by atoms with Gasteiger partial charge in [-0.25, -0.2) is 0 Å². The molecule has 1 saturated heterocycles. The third kappa shape index (κ3) is 3.80. The van der Waals surface area contributed by atoms with Crippen LogP contribution in [0.4, 0.5) is 0 Å². The van der Waals surface area contributed by atoms with Gasteiger partial charge in [-0.2, -0.15) is 0 Å². The molecule has 3 heteroatoms. The molecule has 1 fully saturated rings. The number of ether oxygens (including phenoxy) is 1. The molecule has 3 nitrogen and oxygen atoms in total. The van der Waals surface area contributed by atoms with Crippen molar-refractivity contribution in [3.05, 3.63) is 29.3 Å². The van der Waals surface area contributed by atoms with Crippen LogP contribution in [-0.2, 0) is 0 Å². The van der Waals surface area contributed by atoms with E-state index in [1.54, 1.807) is 7.11 Å². The second-order valence-electron chi connectivity index (χ2n) is 5.26. The van der Waals surface area contributed by atoms with Crippen LogP contribution in [0.2, 0.25) is 0 Å². The number of carbonyl (C=O) groups is 1. The van der Waals surface area contributed by atoms with Gasteiger partial charge < -0.3 is 9.64 Å². The van der Waals surface area contributed by atoms with E-state index in [1.165, 1.54) is 19.3 Å². The minimum absolute atomic E-state index is 0.224. The maximum absolute atomic E-state index is 12.3. The summed E-state index contributed by atoms with van der Waals surface area (Å²) in [4.78, 5) is 14.7. The van der Waals surface area contributed by atoms with E-state index < -0.39 is 0 Å². The largest absolute Gasteiger partial charge is 0.497 e. The van der Waals surface area contributed by atoms with Crippen molar-refractivity contribution in [2.45, 2.75) is 32.6 Å². The summed E-state index contributed by atoms with van der Waals surface area (Å²) >= 11 is 0. The summed E-state index contributed by atoms with van der Waals surface area (Å²) in [5.41, 5.74) is 1.83. The van der Waals surface area contributed by atoms with Crippen molar-refractivity contribution in [3.8, 4) is 5.75 Å². The Morgan fingerprint density at radius 2 is 2.00 bits per heavy atom. The minimum atomic E-state index is 0.224. The van der Waals surface area contributed by atoms with Crippen molar-refractivity contribution in [2.75, 3.05) is 26.7 Å². The molecule has 1 aromatic carbocycles. The molecule has 1 heterocycles. The number of Topliss-reactive ketones (excluding diaryl/α,β-unsaturated/α-hetero) is 1. The van der Waals surface area contributed by atoms with Gasteiger partial charge in [0.15, 0.2) is 5.78 Å². The molecule has 0 spiro atoms. The molecular weight excluding hydrogens is 238 g/mol. The number of methoxy groups -OCH3 is 1. The zero-order chi connectivity index (χ0) is 13.7. The van der Waals surface area contributed by atoms with Crippen LogP contribution in [0.25, 0.3) is 0 Å². The smallest absolute Gasteiger partial charge is 0.164 e. The fourth-order valence-electron chi connectivity index (χ4n) is 2.61. The molecule has 1 aliphatic heterocycles. The van der Waals surface area contributed by atoms with Crippen molar-refractivity contribution < 1.29 is 9.53 Å². The van der Waals surface area contributed by atoms with Crippen LogP contribution in [0.1, 0.15) is 41.6 Å². The Bertz CT molecular complexity index is 436. The van der Waals surface area contributed by atoms with Gasteiger partial charge in [-0.3, -0.25) is 4.79 Å². The molecule has 0 saturated carbocycles. The molecule has 1 aliphatic rings. The maximum Gasteiger partial charge on any atom is 0.164 e. The molecule has 0 atom stereocenters. The lowest BCUT2D eigenvalue weighted by atomic mass is 10.0. The van der Waals surface area contributed by atoms with Crippen LogP contribution in [-0.4, -0.2) is 37.4 Å². The number of ketones is 1. The quantitative estimate of drug-likeness (QED) is 0.763. The van der Waals surface area contributed by atoms with Gasteiger partial charge in [-0.05, 0) is 50.6 Å².